The number of piperidine rings is 1. The number of amides is 3. The van der Waals surface area contributed by atoms with Gasteiger partial charge in [0.15, 0.2) is 5.76 Å². The molecule has 3 heterocycles. The second-order valence-corrected chi connectivity index (χ2v) is 6.80. The van der Waals surface area contributed by atoms with Gasteiger partial charge in [-0.2, -0.15) is 13.2 Å². The summed E-state index contributed by atoms with van der Waals surface area (Å²) in [7, 11) is 0. The first-order valence-corrected chi connectivity index (χ1v) is 9.47. The summed E-state index contributed by atoms with van der Waals surface area (Å²) in [5, 5.41) is 8.15. The van der Waals surface area contributed by atoms with Crippen molar-refractivity contribution >= 4 is 17.8 Å². The second-order valence-electron chi connectivity index (χ2n) is 6.80. The lowest BCUT2D eigenvalue weighted by atomic mass is 10.1. The molecule has 8 nitrogen and oxygen atoms in total. The number of halogens is 3. The summed E-state index contributed by atoms with van der Waals surface area (Å²) >= 11 is 0. The molecule has 0 unspecified atom stereocenters. The van der Waals surface area contributed by atoms with Crippen LogP contribution in [0.1, 0.15) is 29.0 Å². The number of hydrogen-bond acceptors (Lipinski definition) is 5. The quantitative estimate of drug-likeness (QED) is 0.618. The van der Waals surface area contributed by atoms with Gasteiger partial charge in [0.05, 0.1) is 11.8 Å². The van der Waals surface area contributed by atoms with Crippen LogP contribution < -0.4 is 20.9 Å². The molecule has 1 fully saturated rings. The minimum Gasteiger partial charge on any atom is -0.459 e. The van der Waals surface area contributed by atoms with E-state index in [0.29, 0.717) is 31.7 Å². The third-order valence-corrected chi connectivity index (χ3v) is 4.67. The number of aromatic nitrogens is 1. The number of pyridine rings is 1. The molecule has 1 saturated heterocycles. The first-order chi connectivity index (χ1) is 14.3. The lowest BCUT2D eigenvalue weighted by Crippen LogP contribution is -2.49. The molecule has 2 aromatic heterocycles. The molecule has 0 aliphatic carbocycles. The Balaban J connectivity index is 1.34. The van der Waals surface area contributed by atoms with Crippen molar-refractivity contribution in [1.29, 1.82) is 0 Å². The number of carbonyl (C=O) groups is 2. The zero-order chi connectivity index (χ0) is 21.6. The van der Waals surface area contributed by atoms with Crippen LogP contribution in [-0.2, 0) is 6.18 Å². The lowest BCUT2D eigenvalue weighted by Gasteiger charge is -2.33. The molecule has 1 aliphatic rings. The number of rotatable bonds is 6. The smallest absolute Gasteiger partial charge is 0.417 e. The third-order valence-electron chi connectivity index (χ3n) is 4.67. The summed E-state index contributed by atoms with van der Waals surface area (Å²) in [5.74, 6) is 0.332. The third kappa shape index (κ3) is 5.88. The standard InChI is InChI=1S/C19H22F3N5O3/c20-19(21,22)13-3-4-16(25-12-13)27-9-5-14(6-10-27)26-18(29)24-8-7-23-17(28)15-2-1-11-30-15/h1-4,11-12,14H,5-10H2,(H,23,28)(H2,24,26,29). The molecule has 0 aromatic carbocycles. The predicted molar refractivity (Wildman–Crippen MR) is 102 cm³/mol. The van der Waals surface area contributed by atoms with E-state index in [-0.39, 0.29) is 36.8 Å². The predicted octanol–water partition coefficient (Wildman–Crippen LogP) is 2.39. The van der Waals surface area contributed by atoms with Crippen LogP contribution in [0.4, 0.5) is 23.8 Å². The Kier molecular flexibility index (Phi) is 6.80. The van der Waals surface area contributed by atoms with Crippen molar-refractivity contribution in [2.45, 2.75) is 25.1 Å². The first kappa shape index (κ1) is 21.5. The van der Waals surface area contributed by atoms with E-state index < -0.39 is 11.7 Å². The highest BCUT2D eigenvalue weighted by molar-refractivity contribution is 5.91. The fraction of sp³-hybridized carbons (Fsp3) is 0.421. The summed E-state index contributed by atoms with van der Waals surface area (Å²) in [4.78, 5) is 29.5. The Morgan fingerprint density at radius 3 is 2.47 bits per heavy atom. The van der Waals surface area contributed by atoms with Crippen molar-refractivity contribution < 1.29 is 27.2 Å². The number of hydrogen-bond donors (Lipinski definition) is 3. The molecule has 0 saturated carbocycles. The van der Waals surface area contributed by atoms with Crippen LogP contribution >= 0.6 is 0 Å². The SMILES string of the molecule is O=C(NCCNC(=O)c1ccco1)NC1CCN(c2ccc(C(F)(F)F)cn2)CC1. The summed E-state index contributed by atoms with van der Waals surface area (Å²) in [5.41, 5.74) is -0.778. The molecule has 3 N–H and O–H groups in total. The van der Waals surface area contributed by atoms with Gasteiger partial charge in [0, 0.05) is 38.4 Å². The summed E-state index contributed by atoms with van der Waals surface area (Å²) in [6.45, 7) is 1.66. The maximum atomic E-state index is 12.6. The molecule has 1 aliphatic heterocycles. The zero-order valence-electron chi connectivity index (χ0n) is 16.0. The van der Waals surface area contributed by atoms with Gasteiger partial charge in [-0.15, -0.1) is 0 Å². The number of nitrogens with zero attached hydrogens (tertiary/aromatic N) is 2. The lowest BCUT2D eigenvalue weighted by molar-refractivity contribution is -0.137. The van der Waals surface area contributed by atoms with E-state index in [2.05, 4.69) is 20.9 Å². The van der Waals surface area contributed by atoms with E-state index in [1.807, 2.05) is 4.90 Å². The van der Waals surface area contributed by atoms with Crippen LogP contribution in [-0.4, -0.2) is 49.1 Å². The normalized spacial score (nSPS) is 15.0. The Labute approximate surface area is 170 Å². The maximum absolute atomic E-state index is 12.6. The average molecular weight is 425 g/mol. The highest BCUT2D eigenvalue weighted by Crippen LogP contribution is 2.29. The summed E-state index contributed by atoms with van der Waals surface area (Å²) in [6.07, 6.45) is -0.884. The summed E-state index contributed by atoms with van der Waals surface area (Å²) in [6, 6.07) is 5.15. The van der Waals surface area contributed by atoms with Crippen molar-refractivity contribution in [2.75, 3.05) is 31.1 Å². The number of furan rings is 1. The van der Waals surface area contributed by atoms with Crippen molar-refractivity contribution in [1.82, 2.24) is 20.9 Å². The van der Waals surface area contributed by atoms with Gasteiger partial charge in [-0.3, -0.25) is 4.79 Å². The first-order valence-electron chi connectivity index (χ1n) is 9.47. The molecule has 30 heavy (non-hydrogen) atoms. The molecule has 0 spiro atoms. The molecular weight excluding hydrogens is 403 g/mol. The number of carbonyl (C=O) groups excluding carboxylic acids is 2. The number of nitrogens with one attached hydrogen (secondary N) is 3. The van der Waals surface area contributed by atoms with Gasteiger partial charge in [0.2, 0.25) is 0 Å². The van der Waals surface area contributed by atoms with Crippen LogP contribution in [0.3, 0.4) is 0 Å². The molecule has 0 radical (unpaired) electrons. The van der Waals surface area contributed by atoms with Crippen LogP contribution in [0.15, 0.2) is 41.1 Å². The fourth-order valence-electron chi connectivity index (χ4n) is 3.08. The average Bonchev–Trinajstić information content (AvgIpc) is 3.26. The van der Waals surface area contributed by atoms with Crippen LogP contribution in [0, 0.1) is 0 Å². The second kappa shape index (κ2) is 9.51. The molecule has 162 valence electrons. The van der Waals surface area contributed by atoms with E-state index in [0.717, 1.165) is 12.3 Å². The largest absolute Gasteiger partial charge is 0.459 e. The van der Waals surface area contributed by atoms with E-state index in [9.17, 15) is 22.8 Å². The molecule has 3 rings (SSSR count). The van der Waals surface area contributed by atoms with Gasteiger partial charge in [0.1, 0.15) is 5.82 Å². The van der Waals surface area contributed by atoms with Crippen molar-refractivity contribution in [3.05, 3.63) is 48.0 Å². The zero-order valence-corrected chi connectivity index (χ0v) is 16.0. The molecule has 11 heteroatoms. The van der Waals surface area contributed by atoms with Crippen LogP contribution in [0.5, 0.6) is 0 Å². The van der Waals surface area contributed by atoms with E-state index in [1.165, 1.54) is 12.3 Å². The van der Waals surface area contributed by atoms with E-state index >= 15 is 0 Å². The van der Waals surface area contributed by atoms with E-state index in [4.69, 9.17) is 4.42 Å². The Bertz CT molecular complexity index is 832. The van der Waals surface area contributed by atoms with Crippen molar-refractivity contribution in [2.24, 2.45) is 0 Å². The van der Waals surface area contributed by atoms with Gasteiger partial charge < -0.3 is 25.3 Å². The molecule has 0 bridgehead atoms. The van der Waals surface area contributed by atoms with Crippen molar-refractivity contribution in [3.8, 4) is 0 Å². The number of alkyl halides is 3. The minimum atomic E-state index is -4.41. The highest BCUT2D eigenvalue weighted by atomic mass is 19.4. The Morgan fingerprint density at radius 1 is 1.13 bits per heavy atom. The minimum absolute atomic E-state index is 0.0478. The van der Waals surface area contributed by atoms with Crippen LogP contribution in [0.2, 0.25) is 0 Å². The molecular formula is C19H22F3N5O3. The molecule has 2 aromatic rings. The molecule has 0 atom stereocenters. The van der Waals surface area contributed by atoms with Gasteiger partial charge in [-0.1, -0.05) is 0 Å². The van der Waals surface area contributed by atoms with Gasteiger partial charge in [-0.05, 0) is 37.1 Å². The van der Waals surface area contributed by atoms with Gasteiger partial charge in [0.25, 0.3) is 5.91 Å². The van der Waals surface area contributed by atoms with E-state index in [1.54, 1.807) is 12.1 Å². The Hall–Kier alpha value is -3.24. The number of anilines is 1. The monoisotopic (exact) mass is 425 g/mol. The topological polar surface area (TPSA) is 99.5 Å². The van der Waals surface area contributed by atoms with Crippen LogP contribution in [0.25, 0.3) is 0 Å². The highest BCUT2D eigenvalue weighted by Gasteiger charge is 2.31. The van der Waals surface area contributed by atoms with Gasteiger partial charge in [-0.25, -0.2) is 9.78 Å². The summed E-state index contributed by atoms with van der Waals surface area (Å²) < 4.78 is 42.8. The number of urea groups is 1. The Morgan fingerprint density at radius 2 is 1.87 bits per heavy atom. The molecule has 3 amide bonds. The van der Waals surface area contributed by atoms with Gasteiger partial charge >= 0.3 is 12.2 Å². The van der Waals surface area contributed by atoms with Crippen molar-refractivity contribution in [3.63, 3.8) is 0 Å². The maximum Gasteiger partial charge on any atom is 0.417 e. The fourth-order valence-corrected chi connectivity index (χ4v) is 3.08.